The molecule has 0 saturated carbocycles. The summed E-state index contributed by atoms with van der Waals surface area (Å²) in [6.07, 6.45) is 0.194. The summed E-state index contributed by atoms with van der Waals surface area (Å²) < 4.78 is 0. The Morgan fingerprint density at radius 1 is 1.26 bits per heavy atom. The monoisotopic (exact) mass is 322 g/mol. The lowest BCUT2D eigenvalue weighted by atomic mass is 10.1. The highest BCUT2D eigenvalue weighted by Crippen LogP contribution is 2.25. The van der Waals surface area contributed by atoms with Crippen molar-refractivity contribution in [3.05, 3.63) is 33.9 Å². The zero-order chi connectivity index (χ0) is 17.6. The van der Waals surface area contributed by atoms with Gasteiger partial charge in [0, 0.05) is 33.1 Å². The van der Waals surface area contributed by atoms with E-state index < -0.39 is 4.92 Å². The number of nitrogens with zero attached hydrogens (tertiary/aromatic N) is 3. The molecular formula is C15H22N4O4. The van der Waals surface area contributed by atoms with Crippen molar-refractivity contribution in [2.75, 3.05) is 39.5 Å². The summed E-state index contributed by atoms with van der Waals surface area (Å²) >= 11 is 0. The van der Waals surface area contributed by atoms with Gasteiger partial charge in [-0.3, -0.25) is 24.6 Å². The van der Waals surface area contributed by atoms with Crippen LogP contribution in [-0.2, 0) is 9.59 Å². The fourth-order valence-electron chi connectivity index (χ4n) is 1.91. The van der Waals surface area contributed by atoms with E-state index in [1.807, 2.05) is 0 Å². The molecule has 126 valence electrons. The highest BCUT2D eigenvalue weighted by Gasteiger charge is 2.15. The molecule has 0 aliphatic heterocycles. The summed E-state index contributed by atoms with van der Waals surface area (Å²) in [5.41, 5.74) is 0.815. The van der Waals surface area contributed by atoms with E-state index in [-0.39, 0.29) is 30.5 Å². The fourth-order valence-corrected chi connectivity index (χ4v) is 1.91. The Balaban J connectivity index is 2.56. The number of carbonyl (C=O) groups is 2. The van der Waals surface area contributed by atoms with Gasteiger partial charge in [-0.2, -0.15) is 0 Å². The summed E-state index contributed by atoms with van der Waals surface area (Å²) in [4.78, 5) is 37.2. The number of hydrogen-bond acceptors (Lipinski definition) is 5. The number of amides is 2. The molecule has 0 heterocycles. The van der Waals surface area contributed by atoms with Crippen LogP contribution in [0.4, 0.5) is 11.4 Å². The standard InChI is InChI=1S/C15H22N4O4/c1-11-12(6-5-7-13(11)19(22)23)16-14(20)8-9-18(4)10-15(21)17(2)3/h5-7H,8-10H2,1-4H3,(H,16,20). The first-order chi connectivity index (χ1) is 10.7. The molecule has 0 radical (unpaired) electrons. The molecule has 0 aliphatic carbocycles. The lowest BCUT2D eigenvalue weighted by molar-refractivity contribution is -0.385. The number of nitro benzene ring substituents is 1. The number of likely N-dealkylation sites (N-methyl/N-ethyl adjacent to an activating group) is 2. The van der Waals surface area contributed by atoms with Crippen LogP contribution in [0.25, 0.3) is 0 Å². The molecule has 1 rings (SSSR count). The van der Waals surface area contributed by atoms with Crippen LogP contribution in [0, 0.1) is 17.0 Å². The van der Waals surface area contributed by atoms with Gasteiger partial charge >= 0.3 is 0 Å². The van der Waals surface area contributed by atoms with Gasteiger partial charge in [-0.1, -0.05) is 6.07 Å². The largest absolute Gasteiger partial charge is 0.348 e. The maximum Gasteiger partial charge on any atom is 0.274 e. The average molecular weight is 322 g/mol. The summed E-state index contributed by atoms with van der Waals surface area (Å²) in [6.45, 7) is 2.24. The van der Waals surface area contributed by atoms with E-state index in [1.165, 1.54) is 17.0 Å². The number of carbonyl (C=O) groups excluding carboxylic acids is 2. The topological polar surface area (TPSA) is 95.8 Å². The minimum atomic E-state index is -0.481. The predicted molar refractivity (Wildman–Crippen MR) is 87.3 cm³/mol. The quantitative estimate of drug-likeness (QED) is 0.602. The molecule has 23 heavy (non-hydrogen) atoms. The van der Waals surface area contributed by atoms with Gasteiger partial charge in [-0.05, 0) is 20.0 Å². The van der Waals surface area contributed by atoms with Crippen molar-refractivity contribution in [1.82, 2.24) is 9.80 Å². The van der Waals surface area contributed by atoms with Crippen molar-refractivity contribution in [1.29, 1.82) is 0 Å². The van der Waals surface area contributed by atoms with Gasteiger partial charge in [0.1, 0.15) is 0 Å². The van der Waals surface area contributed by atoms with Crippen LogP contribution in [0.15, 0.2) is 18.2 Å². The third-order valence-corrected chi connectivity index (χ3v) is 3.40. The van der Waals surface area contributed by atoms with Crippen molar-refractivity contribution < 1.29 is 14.5 Å². The maximum absolute atomic E-state index is 12.0. The summed E-state index contributed by atoms with van der Waals surface area (Å²) in [5, 5.41) is 13.6. The molecule has 0 bridgehead atoms. The average Bonchev–Trinajstić information content (AvgIpc) is 2.46. The lowest BCUT2D eigenvalue weighted by Gasteiger charge is -2.18. The molecule has 0 aliphatic rings. The van der Waals surface area contributed by atoms with Crippen LogP contribution < -0.4 is 5.32 Å². The molecule has 0 atom stereocenters. The molecule has 1 aromatic rings. The Labute approximate surface area is 135 Å². The zero-order valence-electron chi connectivity index (χ0n) is 13.8. The van der Waals surface area contributed by atoms with E-state index in [9.17, 15) is 19.7 Å². The van der Waals surface area contributed by atoms with Crippen LogP contribution in [-0.4, -0.2) is 60.8 Å². The van der Waals surface area contributed by atoms with Gasteiger partial charge in [-0.25, -0.2) is 0 Å². The van der Waals surface area contributed by atoms with Gasteiger partial charge in [0.15, 0.2) is 0 Å². The van der Waals surface area contributed by atoms with Crippen LogP contribution in [0.2, 0.25) is 0 Å². The van der Waals surface area contributed by atoms with Crippen LogP contribution in [0.3, 0.4) is 0 Å². The highest BCUT2D eigenvalue weighted by atomic mass is 16.6. The molecule has 1 aromatic carbocycles. The van der Waals surface area contributed by atoms with Gasteiger partial charge in [0.2, 0.25) is 11.8 Å². The molecule has 0 saturated heterocycles. The molecule has 8 heteroatoms. The van der Waals surface area contributed by atoms with Gasteiger partial charge in [0.05, 0.1) is 22.7 Å². The van der Waals surface area contributed by atoms with E-state index in [1.54, 1.807) is 39.0 Å². The number of rotatable bonds is 7. The van der Waals surface area contributed by atoms with E-state index in [0.29, 0.717) is 17.8 Å². The van der Waals surface area contributed by atoms with Crippen molar-refractivity contribution >= 4 is 23.2 Å². The smallest absolute Gasteiger partial charge is 0.274 e. The Kier molecular flexibility index (Phi) is 6.65. The van der Waals surface area contributed by atoms with Gasteiger partial charge in [0.25, 0.3) is 5.69 Å². The van der Waals surface area contributed by atoms with Crippen LogP contribution in [0.5, 0.6) is 0 Å². The normalized spacial score (nSPS) is 10.5. The first kappa shape index (κ1) is 18.6. The highest BCUT2D eigenvalue weighted by molar-refractivity contribution is 5.92. The zero-order valence-corrected chi connectivity index (χ0v) is 13.8. The van der Waals surface area contributed by atoms with Crippen molar-refractivity contribution in [2.45, 2.75) is 13.3 Å². The van der Waals surface area contributed by atoms with Crippen LogP contribution >= 0.6 is 0 Å². The SMILES string of the molecule is Cc1c(NC(=O)CCN(C)CC(=O)N(C)C)cccc1[N+](=O)[O-]. The molecule has 0 fully saturated rings. The molecule has 0 aromatic heterocycles. The number of nitrogens with one attached hydrogen (secondary N) is 1. The molecule has 8 nitrogen and oxygen atoms in total. The Bertz CT molecular complexity index is 601. The third kappa shape index (κ3) is 5.67. The summed E-state index contributed by atoms with van der Waals surface area (Å²) in [7, 11) is 5.11. The van der Waals surface area contributed by atoms with Crippen molar-refractivity contribution in [3.8, 4) is 0 Å². The van der Waals surface area contributed by atoms with Gasteiger partial charge in [-0.15, -0.1) is 0 Å². The second-order valence-corrected chi connectivity index (χ2v) is 5.53. The maximum atomic E-state index is 12.0. The molecule has 0 unspecified atom stereocenters. The van der Waals surface area contributed by atoms with E-state index in [4.69, 9.17) is 0 Å². The Morgan fingerprint density at radius 2 is 1.91 bits per heavy atom. The Hall–Kier alpha value is -2.48. The third-order valence-electron chi connectivity index (χ3n) is 3.40. The number of hydrogen-bond donors (Lipinski definition) is 1. The fraction of sp³-hybridized carbons (Fsp3) is 0.467. The van der Waals surface area contributed by atoms with E-state index in [0.717, 1.165) is 0 Å². The molecule has 1 N–H and O–H groups in total. The van der Waals surface area contributed by atoms with E-state index >= 15 is 0 Å². The number of benzene rings is 1. The molecule has 0 spiro atoms. The second-order valence-electron chi connectivity index (χ2n) is 5.53. The summed E-state index contributed by atoms with van der Waals surface area (Å²) in [6, 6.07) is 4.55. The van der Waals surface area contributed by atoms with Crippen molar-refractivity contribution in [3.63, 3.8) is 0 Å². The number of nitro groups is 1. The van der Waals surface area contributed by atoms with Gasteiger partial charge < -0.3 is 10.2 Å². The minimum absolute atomic E-state index is 0.0310. The second kappa shape index (κ2) is 8.23. The molecule has 2 amide bonds. The molecular weight excluding hydrogens is 300 g/mol. The first-order valence-corrected chi connectivity index (χ1v) is 7.15. The first-order valence-electron chi connectivity index (χ1n) is 7.15. The van der Waals surface area contributed by atoms with E-state index in [2.05, 4.69) is 5.32 Å². The Morgan fingerprint density at radius 3 is 2.48 bits per heavy atom. The minimum Gasteiger partial charge on any atom is -0.348 e. The van der Waals surface area contributed by atoms with Crippen LogP contribution in [0.1, 0.15) is 12.0 Å². The summed E-state index contributed by atoms with van der Waals surface area (Å²) in [5.74, 6) is -0.291. The van der Waals surface area contributed by atoms with Crippen molar-refractivity contribution in [2.24, 2.45) is 0 Å². The predicted octanol–water partition coefficient (Wildman–Crippen LogP) is 1.25. The lowest BCUT2D eigenvalue weighted by Crippen LogP contribution is -2.35. The number of anilines is 1.